The molecule has 0 saturated heterocycles. The van der Waals surface area contributed by atoms with Gasteiger partial charge < -0.3 is 19.5 Å². The van der Waals surface area contributed by atoms with Crippen LogP contribution < -0.4 is 23.8 Å². The fraction of sp³-hybridized carbons (Fsp3) is 0.240. The molecule has 3 aromatic rings. The minimum Gasteiger partial charge on any atom is -0.486 e. The lowest BCUT2D eigenvalue weighted by Crippen LogP contribution is -2.51. The van der Waals surface area contributed by atoms with Crippen LogP contribution in [0.25, 0.3) is 0 Å². The number of nitrogens with one attached hydrogen (secondary N) is 1. The fourth-order valence-electron chi connectivity index (χ4n) is 4.01. The molecule has 3 aromatic carbocycles. The molecule has 0 spiro atoms. The van der Waals surface area contributed by atoms with Crippen molar-refractivity contribution in [2.45, 2.75) is 24.0 Å². The van der Waals surface area contributed by atoms with E-state index >= 15 is 0 Å². The van der Waals surface area contributed by atoms with E-state index in [4.69, 9.17) is 14.2 Å². The van der Waals surface area contributed by atoms with Gasteiger partial charge in [0.25, 0.3) is 15.9 Å². The van der Waals surface area contributed by atoms with E-state index in [0.29, 0.717) is 36.1 Å². The lowest BCUT2D eigenvalue weighted by Gasteiger charge is -2.35. The molecule has 0 aliphatic carbocycles. The molecule has 5 rings (SSSR count). The molecular formula is C25H24N2O6S. The van der Waals surface area contributed by atoms with Crippen LogP contribution in [0.3, 0.4) is 0 Å². The Morgan fingerprint density at radius 2 is 1.65 bits per heavy atom. The molecule has 2 aliphatic heterocycles. The maximum atomic E-state index is 13.4. The Labute approximate surface area is 198 Å². The predicted molar refractivity (Wildman–Crippen MR) is 126 cm³/mol. The van der Waals surface area contributed by atoms with Gasteiger partial charge in [-0.25, -0.2) is 8.42 Å². The summed E-state index contributed by atoms with van der Waals surface area (Å²) in [5, 5.41) is 2.93. The highest BCUT2D eigenvalue weighted by molar-refractivity contribution is 7.92. The topological polar surface area (TPSA) is 94.2 Å². The zero-order chi connectivity index (χ0) is 23.7. The highest BCUT2D eigenvalue weighted by Gasteiger charge is 2.37. The summed E-state index contributed by atoms with van der Waals surface area (Å²) in [7, 11) is -3.89. The average Bonchev–Trinajstić information content (AvgIpc) is 2.88. The summed E-state index contributed by atoms with van der Waals surface area (Å²) in [5.74, 6) is 1.22. The van der Waals surface area contributed by atoms with Crippen LogP contribution in [0.4, 0.5) is 5.69 Å². The van der Waals surface area contributed by atoms with Crippen LogP contribution in [0.5, 0.6) is 17.2 Å². The van der Waals surface area contributed by atoms with Gasteiger partial charge in [-0.05, 0) is 48.9 Å². The largest absolute Gasteiger partial charge is 0.486 e. The van der Waals surface area contributed by atoms with Gasteiger partial charge in [0.05, 0.1) is 23.2 Å². The number of carbonyl (C=O) groups is 1. The monoisotopic (exact) mass is 480 g/mol. The lowest BCUT2D eigenvalue weighted by molar-refractivity contribution is -0.128. The zero-order valence-electron chi connectivity index (χ0n) is 18.5. The van der Waals surface area contributed by atoms with E-state index in [1.165, 1.54) is 16.4 Å². The molecule has 8 nitrogen and oxygen atoms in total. The van der Waals surface area contributed by atoms with Crippen LogP contribution in [-0.2, 0) is 14.8 Å². The number of hydrogen-bond donors (Lipinski definition) is 1. The summed E-state index contributed by atoms with van der Waals surface area (Å²) in [6.45, 7) is 2.67. The first kappa shape index (κ1) is 22.1. The third-order valence-corrected chi connectivity index (χ3v) is 7.58. The number of sulfonamides is 1. The number of carbonyl (C=O) groups excluding carboxylic acids is 1. The van der Waals surface area contributed by atoms with E-state index in [-0.39, 0.29) is 17.5 Å². The summed E-state index contributed by atoms with van der Waals surface area (Å²) in [5.41, 5.74) is 1.23. The second kappa shape index (κ2) is 8.90. The quantitative estimate of drug-likeness (QED) is 0.602. The summed E-state index contributed by atoms with van der Waals surface area (Å²) in [6, 6.07) is 20.1. The van der Waals surface area contributed by atoms with E-state index < -0.39 is 22.0 Å². The van der Waals surface area contributed by atoms with Crippen molar-refractivity contribution in [3.63, 3.8) is 0 Å². The van der Waals surface area contributed by atoms with Crippen LogP contribution in [-0.4, -0.2) is 40.2 Å². The van der Waals surface area contributed by atoms with E-state index in [1.54, 1.807) is 42.5 Å². The molecule has 0 aromatic heterocycles. The van der Waals surface area contributed by atoms with Crippen LogP contribution >= 0.6 is 0 Å². The minimum atomic E-state index is -3.89. The molecule has 0 radical (unpaired) electrons. The number of benzene rings is 3. The highest BCUT2D eigenvalue weighted by Crippen LogP contribution is 2.37. The lowest BCUT2D eigenvalue weighted by atomic mass is 10.1. The average molecular weight is 481 g/mol. The van der Waals surface area contributed by atoms with Crippen molar-refractivity contribution in [2.75, 3.05) is 24.1 Å². The maximum absolute atomic E-state index is 13.4. The fourth-order valence-corrected chi connectivity index (χ4v) is 5.50. The van der Waals surface area contributed by atoms with Crippen molar-refractivity contribution in [2.24, 2.45) is 0 Å². The van der Waals surface area contributed by atoms with Gasteiger partial charge in [-0.1, -0.05) is 36.4 Å². The molecule has 0 unspecified atom stereocenters. The van der Waals surface area contributed by atoms with Crippen LogP contribution in [0.15, 0.2) is 77.7 Å². The summed E-state index contributed by atoms with van der Waals surface area (Å²) in [4.78, 5) is 13.3. The standard InChI is InChI=1S/C25H24N2O6S/c1-17(18-11-12-22-23(15-18)32-14-13-31-22)26-25(28)24-16-27(20-9-5-6-10-21(20)33-24)34(29,30)19-7-3-2-4-8-19/h2-12,15,17,24H,13-14,16H2,1H3,(H,26,28)/t17-,24-/m0/s1. The van der Waals surface area contributed by atoms with Crippen molar-refractivity contribution in [3.05, 3.63) is 78.4 Å². The third-order valence-electron chi connectivity index (χ3n) is 5.78. The van der Waals surface area contributed by atoms with Crippen LogP contribution in [0, 0.1) is 0 Å². The SMILES string of the molecule is C[C@H](NC(=O)[C@@H]1CN(S(=O)(=O)c2ccccc2)c2ccccc2O1)c1ccc2c(c1)OCCO2. The van der Waals surface area contributed by atoms with Gasteiger partial charge >= 0.3 is 0 Å². The molecule has 1 amide bonds. The molecule has 2 atom stereocenters. The Hall–Kier alpha value is -3.72. The van der Waals surface area contributed by atoms with Gasteiger partial charge in [0.15, 0.2) is 17.6 Å². The Kier molecular flexibility index (Phi) is 5.79. The molecule has 0 fully saturated rings. The first-order chi connectivity index (χ1) is 16.4. The van der Waals surface area contributed by atoms with E-state index in [9.17, 15) is 13.2 Å². The number of hydrogen-bond acceptors (Lipinski definition) is 6. The van der Waals surface area contributed by atoms with E-state index in [0.717, 1.165) is 5.56 Å². The van der Waals surface area contributed by atoms with Crippen LogP contribution in [0.2, 0.25) is 0 Å². The summed E-state index contributed by atoms with van der Waals surface area (Å²) in [6.07, 6.45) is -1.02. The Balaban J connectivity index is 1.38. The normalized spacial score (nSPS) is 17.8. The Morgan fingerprint density at radius 1 is 0.941 bits per heavy atom. The number of amides is 1. The first-order valence-electron chi connectivity index (χ1n) is 11.0. The van der Waals surface area contributed by atoms with E-state index in [1.807, 2.05) is 25.1 Å². The van der Waals surface area contributed by atoms with Gasteiger partial charge in [-0.15, -0.1) is 0 Å². The number of rotatable bonds is 5. The van der Waals surface area contributed by atoms with Crippen molar-refractivity contribution in [1.82, 2.24) is 5.32 Å². The minimum absolute atomic E-state index is 0.145. The van der Waals surface area contributed by atoms with Crippen molar-refractivity contribution in [1.29, 1.82) is 0 Å². The van der Waals surface area contributed by atoms with Crippen molar-refractivity contribution < 1.29 is 27.4 Å². The summed E-state index contributed by atoms with van der Waals surface area (Å²) < 4.78 is 45.2. The zero-order valence-corrected chi connectivity index (χ0v) is 19.3. The number of anilines is 1. The van der Waals surface area contributed by atoms with Crippen molar-refractivity contribution in [3.8, 4) is 17.2 Å². The highest BCUT2D eigenvalue weighted by atomic mass is 32.2. The molecule has 9 heteroatoms. The molecule has 34 heavy (non-hydrogen) atoms. The van der Waals surface area contributed by atoms with Gasteiger partial charge in [0.1, 0.15) is 19.0 Å². The maximum Gasteiger partial charge on any atom is 0.264 e. The van der Waals surface area contributed by atoms with Gasteiger partial charge in [-0.3, -0.25) is 9.10 Å². The molecule has 2 aliphatic rings. The Bertz CT molecular complexity index is 1310. The second-order valence-corrected chi connectivity index (χ2v) is 9.92. The molecular weight excluding hydrogens is 456 g/mol. The summed E-state index contributed by atoms with van der Waals surface area (Å²) >= 11 is 0. The van der Waals surface area contributed by atoms with Gasteiger partial charge in [0, 0.05) is 0 Å². The number of ether oxygens (including phenoxy) is 3. The number of fused-ring (bicyclic) bond motifs is 2. The van der Waals surface area contributed by atoms with Crippen LogP contribution in [0.1, 0.15) is 18.5 Å². The second-order valence-electron chi connectivity index (χ2n) is 8.06. The smallest absolute Gasteiger partial charge is 0.264 e. The molecule has 1 N–H and O–H groups in total. The third kappa shape index (κ3) is 4.14. The molecule has 0 saturated carbocycles. The first-order valence-corrected chi connectivity index (χ1v) is 12.4. The van der Waals surface area contributed by atoms with Gasteiger partial charge in [-0.2, -0.15) is 0 Å². The van der Waals surface area contributed by atoms with E-state index in [2.05, 4.69) is 5.32 Å². The number of nitrogens with zero attached hydrogens (tertiary/aromatic N) is 1. The van der Waals surface area contributed by atoms with Gasteiger partial charge in [0.2, 0.25) is 0 Å². The van der Waals surface area contributed by atoms with Crippen molar-refractivity contribution >= 4 is 21.6 Å². The predicted octanol–water partition coefficient (Wildman–Crippen LogP) is 3.29. The molecule has 2 heterocycles. The number of para-hydroxylation sites is 2. The molecule has 176 valence electrons. The molecule has 0 bridgehead atoms. The Morgan fingerprint density at radius 3 is 2.44 bits per heavy atom.